The molecule has 0 atom stereocenters. The van der Waals surface area contributed by atoms with Crippen LogP contribution in [0.2, 0.25) is 0 Å². The van der Waals surface area contributed by atoms with Crippen molar-refractivity contribution in [2.24, 2.45) is 5.92 Å². The van der Waals surface area contributed by atoms with Crippen molar-refractivity contribution in [1.29, 1.82) is 0 Å². The second-order valence-electron chi connectivity index (χ2n) is 4.22. The number of hydrogen-bond donors (Lipinski definition) is 1. The maximum atomic E-state index is 11.1. The number of aromatic carboxylic acids is 1. The van der Waals surface area contributed by atoms with Gasteiger partial charge < -0.3 is 9.84 Å². The Kier molecular flexibility index (Phi) is 3.24. The lowest BCUT2D eigenvalue weighted by Gasteiger charge is -2.22. The number of carbonyl (C=O) groups is 1. The molecule has 1 aliphatic heterocycles. The van der Waals surface area contributed by atoms with Gasteiger partial charge in [-0.25, -0.2) is 4.79 Å². The molecule has 0 radical (unpaired) electrons. The molecule has 88 valence electrons. The largest absolute Gasteiger partial charge is 0.477 e. The van der Waals surface area contributed by atoms with Gasteiger partial charge in [0, 0.05) is 25.3 Å². The molecule has 1 N–H and O–H groups in total. The number of rotatable bonds is 3. The van der Waals surface area contributed by atoms with Crippen LogP contribution in [0.5, 0.6) is 0 Å². The van der Waals surface area contributed by atoms with E-state index >= 15 is 0 Å². The molecule has 16 heavy (non-hydrogen) atoms. The predicted molar refractivity (Wildman–Crippen MR) is 57.5 cm³/mol. The van der Waals surface area contributed by atoms with Gasteiger partial charge in [-0.15, -0.1) is 0 Å². The van der Waals surface area contributed by atoms with Gasteiger partial charge in [0.05, 0.1) is 6.20 Å². The summed E-state index contributed by atoms with van der Waals surface area (Å²) in [6.07, 6.45) is 3.58. The molecular weight excluding hydrogens is 208 g/mol. The monoisotopic (exact) mass is 224 g/mol. The average Bonchev–Trinajstić information content (AvgIpc) is 2.61. The highest BCUT2D eigenvalue weighted by atomic mass is 16.5. The van der Waals surface area contributed by atoms with Gasteiger partial charge in [-0.05, 0) is 25.7 Å². The Morgan fingerprint density at radius 1 is 1.62 bits per heavy atom. The van der Waals surface area contributed by atoms with Crippen LogP contribution in [0.25, 0.3) is 0 Å². The number of carboxylic acid groups (broad SMARTS) is 1. The zero-order chi connectivity index (χ0) is 11.5. The standard InChI is InChI=1S/C11H16N2O3/c1-8-6-12-13(10(8)11(14)15)7-9-2-4-16-5-3-9/h6,9H,2-5,7H2,1H3,(H,14,15). The molecule has 5 nitrogen and oxygen atoms in total. The van der Waals surface area contributed by atoms with Gasteiger partial charge in [0.15, 0.2) is 0 Å². The van der Waals surface area contributed by atoms with Gasteiger partial charge in [0.25, 0.3) is 0 Å². The fourth-order valence-corrected chi connectivity index (χ4v) is 2.07. The highest BCUT2D eigenvalue weighted by molar-refractivity contribution is 5.87. The van der Waals surface area contributed by atoms with Gasteiger partial charge in [0.2, 0.25) is 0 Å². The number of nitrogens with zero attached hydrogens (tertiary/aromatic N) is 2. The number of ether oxygens (including phenoxy) is 1. The van der Waals surface area contributed by atoms with Gasteiger partial charge in [-0.2, -0.15) is 5.10 Å². The zero-order valence-corrected chi connectivity index (χ0v) is 9.35. The van der Waals surface area contributed by atoms with Crippen molar-refractivity contribution < 1.29 is 14.6 Å². The van der Waals surface area contributed by atoms with Gasteiger partial charge >= 0.3 is 5.97 Å². The first kappa shape index (κ1) is 11.1. The average molecular weight is 224 g/mol. The van der Waals surface area contributed by atoms with E-state index in [9.17, 15) is 4.79 Å². The van der Waals surface area contributed by atoms with E-state index in [4.69, 9.17) is 9.84 Å². The molecule has 2 heterocycles. The summed E-state index contributed by atoms with van der Waals surface area (Å²) < 4.78 is 6.88. The fourth-order valence-electron chi connectivity index (χ4n) is 2.07. The van der Waals surface area contributed by atoms with Crippen LogP contribution in [0.1, 0.15) is 28.9 Å². The Bertz CT molecular complexity index is 381. The Hall–Kier alpha value is -1.36. The van der Waals surface area contributed by atoms with E-state index in [1.165, 1.54) is 0 Å². The Balaban J connectivity index is 2.11. The minimum atomic E-state index is -0.901. The van der Waals surface area contributed by atoms with E-state index in [-0.39, 0.29) is 0 Å². The number of aromatic nitrogens is 2. The molecule has 1 aromatic heterocycles. The third-order valence-corrected chi connectivity index (χ3v) is 3.00. The van der Waals surface area contributed by atoms with Crippen molar-refractivity contribution in [1.82, 2.24) is 9.78 Å². The van der Waals surface area contributed by atoms with Crippen molar-refractivity contribution in [2.45, 2.75) is 26.3 Å². The number of aryl methyl sites for hydroxylation is 1. The minimum Gasteiger partial charge on any atom is -0.477 e. The van der Waals surface area contributed by atoms with Gasteiger partial charge in [0.1, 0.15) is 5.69 Å². The summed E-state index contributed by atoms with van der Waals surface area (Å²) in [6.45, 7) is 4.00. The lowest BCUT2D eigenvalue weighted by atomic mass is 10.0. The summed E-state index contributed by atoms with van der Waals surface area (Å²) in [7, 11) is 0. The highest BCUT2D eigenvalue weighted by Crippen LogP contribution is 2.18. The normalized spacial score (nSPS) is 17.6. The number of carboxylic acids is 1. The van der Waals surface area contributed by atoms with Gasteiger partial charge in [-0.3, -0.25) is 4.68 Å². The van der Waals surface area contributed by atoms with Crippen LogP contribution in [0.4, 0.5) is 0 Å². The fraction of sp³-hybridized carbons (Fsp3) is 0.636. The molecule has 0 unspecified atom stereocenters. The molecule has 0 aliphatic carbocycles. The smallest absolute Gasteiger partial charge is 0.354 e. The van der Waals surface area contributed by atoms with E-state index in [0.717, 1.165) is 31.6 Å². The third kappa shape index (κ3) is 2.24. The molecule has 5 heteroatoms. The van der Waals surface area contributed by atoms with Crippen LogP contribution >= 0.6 is 0 Å². The summed E-state index contributed by atoms with van der Waals surface area (Å²) in [5.41, 5.74) is 1.03. The maximum Gasteiger partial charge on any atom is 0.354 e. The zero-order valence-electron chi connectivity index (χ0n) is 9.35. The quantitative estimate of drug-likeness (QED) is 0.840. The van der Waals surface area contributed by atoms with Crippen LogP contribution in [0.15, 0.2) is 6.20 Å². The summed E-state index contributed by atoms with van der Waals surface area (Å²) >= 11 is 0. The molecule has 2 rings (SSSR count). The highest BCUT2D eigenvalue weighted by Gasteiger charge is 2.19. The molecule has 0 spiro atoms. The van der Waals surface area contributed by atoms with Crippen molar-refractivity contribution in [2.75, 3.05) is 13.2 Å². The summed E-state index contributed by atoms with van der Waals surface area (Å²) in [6, 6.07) is 0. The summed E-state index contributed by atoms with van der Waals surface area (Å²) in [5, 5.41) is 13.2. The SMILES string of the molecule is Cc1cnn(CC2CCOCC2)c1C(=O)O. The van der Waals surface area contributed by atoms with Crippen LogP contribution in [0.3, 0.4) is 0 Å². The first-order valence-corrected chi connectivity index (χ1v) is 5.52. The molecule has 1 aliphatic rings. The molecule has 1 aromatic rings. The van der Waals surface area contributed by atoms with E-state index in [2.05, 4.69) is 5.10 Å². The summed E-state index contributed by atoms with van der Waals surface area (Å²) in [4.78, 5) is 11.1. The third-order valence-electron chi connectivity index (χ3n) is 3.00. The van der Waals surface area contributed by atoms with Crippen molar-refractivity contribution >= 4 is 5.97 Å². The molecule has 0 saturated carbocycles. The molecule has 1 saturated heterocycles. The predicted octanol–water partition coefficient (Wildman–Crippen LogP) is 1.32. The van der Waals surface area contributed by atoms with E-state index in [1.807, 2.05) is 0 Å². The summed E-state index contributed by atoms with van der Waals surface area (Å²) in [5.74, 6) is -0.423. The van der Waals surface area contributed by atoms with Gasteiger partial charge in [-0.1, -0.05) is 0 Å². The molecule has 0 bridgehead atoms. The molecule has 1 fully saturated rings. The maximum absolute atomic E-state index is 11.1. The topological polar surface area (TPSA) is 64.4 Å². The Morgan fingerprint density at radius 2 is 2.31 bits per heavy atom. The first-order valence-electron chi connectivity index (χ1n) is 5.52. The van der Waals surface area contributed by atoms with E-state index in [1.54, 1.807) is 17.8 Å². The van der Waals surface area contributed by atoms with Crippen molar-refractivity contribution in [3.05, 3.63) is 17.5 Å². The second kappa shape index (κ2) is 4.65. The number of hydrogen-bond acceptors (Lipinski definition) is 3. The molecular formula is C11H16N2O3. The van der Waals surface area contributed by atoms with Crippen molar-refractivity contribution in [3.63, 3.8) is 0 Å². The Labute approximate surface area is 94.0 Å². The second-order valence-corrected chi connectivity index (χ2v) is 4.22. The van der Waals surface area contributed by atoms with Crippen LogP contribution in [-0.4, -0.2) is 34.1 Å². The molecule has 0 amide bonds. The van der Waals surface area contributed by atoms with Crippen molar-refractivity contribution in [3.8, 4) is 0 Å². The van der Waals surface area contributed by atoms with E-state index in [0.29, 0.717) is 18.2 Å². The first-order chi connectivity index (χ1) is 7.68. The van der Waals surface area contributed by atoms with Crippen LogP contribution in [-0.2, 0) is 11.3 Å². The van der Waals surface area contributed by atoms with Crippen LogP contribution in [0, 0.1) is 12.8 Å². The van der Waals surface area contributed by atoms with E-state index < -0.39 is 5.97 Å². The van der Waals surface area contributed by atoms with Crippen LogP contribution < -0.4 is 0 Å². The lowest BCUT2D eigenvalue weighted by Crippen LogP contribution is -2.23. The lowest BCUT2D eigenvalue weighted by molar-refractivity contribution is 0.0580. The molecule has 0 aromatic carbocycles. The minimum absolute atomic E-state index is 0.312. The Morgan fingerprint density at radius 3 is 2.94 bits per heavy atom.